The van der Waals surface area contributed by atoms with Crippen LogP contribution in [0.25, 0.3) is 0 Å². The first-order valence-corrected chi connectivity index (χ1v) is 8.60. The Morgan fingerprint density at radius 3 is 2.59 bits per heavy atom. The molecule has 0 amide bonds. The van der Waals surface area contributed by atoms with Crippen LogP contribution in [0.3, 0.4) is 0 Å². The van der Waals surface area contributed by atoms with E-state index in [2.05, 4.69) is 11.9 Å². The van der Waals surface area contributed by atoms with E-state index in [-0.39, 0.29) is 16.8 Å². The molecule has 6 heteroatoms. The minimum Gasteiger partial charge on any atom is -0.374 e. The number of halogens is 1. The molecule has 2 saturated heterocycles. The summed E-state index contributed by atoms with van der Waals surface area (Å²) in [5, 5.41) is 0. The van der Waals surface area contributed by atoms with Crippen LogP contribution in [0.5, 0.6) is 0 Å². The van der Waals surface area contributed by atoms with Crippen molar-refractivity contribution in [3.05, 3.63) is 0 Å². The van der Waals surface area contributed by atoms with Crippen LogP contribution in [0.1, 0.15) is 19.3 Å². The Morgan fingerprint density at radius 1 is 1.41 bits per heavy atom. The largest absolute Gasteiger partial charge is 0.374 e. The molecular weight excluding hydrogens is 262 g/mol. The Hall–Kier alpha value is 0.160. The van der Waals surface area contributed by atoms with Gasteiger partial charge < -0.3 is 9.64 Å². The van der Waals surface area contributed by atoms with Crippen molar-refractivity contribution in [3.8, 4) is 0 Å². The second-order valence-electron chi connectivity index (χ2n) is 5.85. The van der Waals surface area contributed by atoms with Crippen LogP contribution in [0.2, 0.25) is 0 Å². The molecule has 17 heavy (non-hydrogen) atoms. The molecule has 0 N–H and O–H groups in total. The Balaban J connectivity index is 1.85. The van der Waals surface area contributed by atoms with Gasteiger partial charge in [0.05, 0.1) is 18.0 Å². The quantitative estimate of drug-likeness (QED) is 0.709. The molecule has 1 spiro atoms. The number of nitrogens with zero attached hydrogens (tertiary/aromatic N) is 1. The fourth-order valence-corrected chi connectivity index (χ4v) is 5.61. The molecule has 2 heterocycles. The Bertz CT molecular complexity index is 430. The first-order valence-electron chi connectivity index (χ1n) is 6.12. The molecular formula is C11H18ClNO3S. The maximum atomic E-state index is 11.4. The van der Waals surface area contributed by atoms with E-state index in [0.29, 0.717) is 5.92 Å². The average molecular weight is 280 g/mol. The zero-order valence-corrected chi connectivity index (χ0v) is 11.6. The molecule has 3 fully saturated rings. The van der Waals surface area contributed by atoms with Gasteiger partial charge in [0.25, 0.3) is 0 Å². The molecule has 3 aliphatic rings. The maximum Gasteiger partial charge on any atom is 0.233 e. The summed E-state index contributed by atoms with van der Waals surface area (Å²) in [6, 6.07) is 0. The SMILES string of the molecule is CN1CCC2(CC1)OCC1CC12CS(=O)(=O)Cl. The van der Waals surface area contributed by atoms with E-state index in [1.54, 1.807) is 0 Å². The summed E-state index contributed by atoms with van der Waals surface area (Å²) in [4.78, 5) is 2.27. The fraction of sp³-hybridized carbons (Fsp3) is 1.00. The standard InChI is InChI=1S/C11H18ClNO3S/c1-13-4-2-11(3-5-13)10(8-17(12,14)15)6-9(10)7-16-11/h9H,2-8H2,1H3. The van der Waals surface area contributed by atoms with Crippen LogP contribution >= 0.6 is 10.7 Å². The number of hydrogen-bond donors (Lipinski definition) is 0. The highest BCUT2D eigenvalue weighted by Crippen LogP contribution is 2.68. The van der Waals surface area contributed by atoms with Gasteiger partial charge in [0.2, 0.25) is 9.05 Å². The zero-order chi connectivity index (χ0) is 12.3. The van der Waals surface area contributed by atoms with Crippen molar-refractivity contribution in [1.82, 2.24) is 4.90 Å². The van der Waals surface area contributed by atoms with Gasteiger partial charge in [0.1, 0.15) is 0 Å². The Labute approximate surface area is 107 Å². The van der Waals surface area contributed by atoms with E-state index in [9.17, 15) is 8.42 Å². The average Bonchev–Trinajstić information content (AvgIpc) is 2.83. The Kier molecular flexibility index (Phi) is 2.58. The highest BCUT2D eigenvalue weighted by molar-refractivity contribution is 8.13. The second-order valence-corrected chi connectivity index (χ2v) is 8.63. The van der Waals surface area contributed by atoms with Crippen molar-refractivity contribution >= 4 is 19.7 Å². The fourth-order valence-electron chi connectivity index (χ4n) is 3.80. The third-order valence-electron chi connectivity index (χ3n) is 4.92. The van der Waals surface area contributed by atoms with E-state index in [0.717, 1.165) is 39.0 Å². The molecule has 0 bridgehead atoms. The first kappa shape index (κ1) is 12.2. The predicted octanol–water partition coefficient (Wildman–Crippen LogP) is 1.06. The zero-order valence-electron chi connectivity index (χ0n) is 9.99. The van der Waals surface area contributed by atoms with Gasteiger partial charge in [-0.2, -0.15) is 0 Å². The van der Waals surface area contributed by atoms with Crippen LogP contribution in [0.4, 0.5) is 0 Å². The van der Waals surface area contributed by atoms with Crippen LogP contribution < -0.4 is 0 Å². The molecule has 2 unspecified atom stereocenters. The lowest BCUT2D eigenvalue weighted by Gasteiger charge is -2.43. The van der Waals surface area contributed by atoms with Crippen molar-refractivity contribution < 1.29 is 13.2 Å². The van der Waals surface area contributed by atoms with Gasteiger partial charge in [0, 0.05) is 29.2 Å². The number of fused-ring (bicyclic) bond motifs is 2. The van der Waals surface area contributed by atoms with Crippen LogP contribution in [0, 0.1) is 11.3 Å². The molecule has 1 saturated carbocycles. The third-order valence-corrected chi connectivity index (χ3v) is 6.11. The van der Waals surface area contributed by atoms with Gasteiger partial charge in [-0.3, -0.25) is 0 Å². The van der Waals surface area contributed by atoms with Gasteiger partial charge in [-0.25, -0.2) is 8.42 Å². The summed E-state index contributed by atoms with van der Waals surface area (Å²) < 4.78 is 28.8. The molecule has 1 aliphatic carbocycles. The summed E-state index contributed by atoms with van der Waals surface area (Å²) in [5.41, 5.74) is -0.388. The number of rotatable bonds is 2. The van der Waals surface area contributed by atoms with Gasteiger partial charge in [-0.15, -0.1) is 0 Å². The smallest absolute Gasteiger partial charge is 0.233 e. The van der Waals surface area contributed by atoms with Crippen molar-refractivity contribution in [2.24, 2.45) is 11.3 Å². The summed E-state index contributed by atoms with van der Waals surface area (Å²) in [6.07, 6.45) is 2.85. The molecule has 2 aliphatic heterocycles. The summed E-state index contributed by atoms with van der Waals surface area (Å²) in [5.74, 6) is 0.509. The van der Waals surface area contributed by atoms with E-state index < -0.39 is 9.05 Å². The third kappa shape index (κ3) is 1.82. The maximum absolute atomic E-state index is 11.4. The molecule has 0 aromatic heterocycles. The van der Waals surface area contributed by atoms with E-state index in [1.807, 2.05) is 0 Å². The first-order chi connectivity index (χ1) is 7.87. The van der Waals surface area contributed by atoms with Crippen LogP contribution in [0.15, 0.2) is 0 Å². The van der Waals surface area contributed by atoms with E-state index in [1.165, 1.54) is 0 Å². The van der Waals surface area contributed by atoms with Crippen LogP contribution in [-0.4, -0.2) is 51.4 Å². The molecule has 3 rings (SSSR count). The predicted molar refractivity (Wildman–Crippen MR) is 65.6 cm³/mol. The lowest BCUT2D eigenvalue weighted by atomic mass is 9.77. The van der Waals surface area contributed by atoms with Crippen molar-refractivity contribution in [2.75, 3.05) is 32.5 Å². The molecule has 2 atom stereocenters. The normalized spacial score (nSPS) is 40.5. The molecule has 4 nitrogen and oxygen atoms in total. The summed E-state index contributed by atoms with van der Waals surface area (Å²) in [6.45, 7) is 2.68. The minimum absolute atomic E-state index is 0.0932. The lowest BCUT2D eigenvalue weighted by molar-refractivity contribution is -0.0855. The van der Waals surface area contributed by atoms with Crippen molar-refractivity contribution in [2.45, 2.75) is 24.9 Å². The molecule has 0 radical (unpaired) electrons. The summed E-state index contributed by atoms with van der Waals surface area (Å²) >= 11 is 0. The minimum atomic E-state index is -3.43. The molecule has 0 aromatic rings. The number of likely N-dealkylation sites (tertiary alicyclic amines) is 1. The highest BCUT2D eigenvalue weighted by Gasteiger charge is 2.72. The summed E-state index contributed by atoms with van der Waals surface area (Å²) in [7, 11) is 4.13. The molecule has 0 aromatic carbocycles. The van der Waals surface area contributed by atoms with E-state index >= 15 is 0 Å². The number of piperidine rings is 1. The van der Waals surface area contributed by atoms with Gasteiger partial charge >= 0.3 is 0 Å². The van der Waals surface area contributed by atoms with Gasteiger partial charge in [-0.05, 0) is 32.2 Å². The topological polar surface area (TPSA) is 46.6 Å². The Morgan fingerprint density at radius 2 is 2.06 bits per heavy atom. The van der Waals surface area contributed by atoms with Crippen LogP contribution in [-0.2, 0) is 13.8 Å². The van der Waals surface area contributed by atoms with Gasteiger partial charge in [0.15, 0.2) is 0 Å². The molecule has 98 valence electrons. The van der Waals surface area contributed by atoms with E-state index in [4.69, 9.17) is 15.4 Å². The lowest BCUT2D eigenvalue weighted by Crippen LogP contribution is -2.50. The number of hydrogen-bond acceptors (Lipinski definition) is 4. The number of ether oxygens (including phenoxy) is 1. The second kappa shape index (κ2) is 3.59. The highest BCUT2D eigenvalue weighted by atomic mass is 35.7. The van der Waals surface area contributed by atoms with Crippen molar-refractivity contribution in [1.29, 1.82) is 0 Å². The van der Waals surface area contributed by atoms with Crippen molar-refractivity contribution in [3.63, 3.8) is 0 Å². The monoisotopic (exact) mass is 279 g/mol. The van der Waals surface area contributed by atoms with Gasteiger partial charge in [-0.1, -0.05) is 0 Å².